The lowest BCUT2D eigenvalue weighted by molar-refractivity contribution is 0.173. The Kier molecular flexibility index (Phi) is 3.27. The molecule has 0 saturated carbocycles. The lowest BCUT2D eigenvalue weighted by Crippen LogP contribution is -1.99. The van der Waals surface area contributed by atoms with Crippen molar-refractivity contribution in [1.29, 1.82) is 0 Å². The van der Waals surface area contributed by atoms with E-state index in [4.69, 9.17) is 31.3 Å². The van der Waals surface area contributed by atoms with E-state index in [1.165, 1.54) is 0 Å². The highest BCUT2D eigenvalue weighted by molar-refractivity contribution is 6.33. The quantitative estimate of drug-likeness (QED) is 0.937. The van der Waals surface area contributed by atoms with Gasteiger partial charge in [-0.15, -0.1) is 0 Å². The highest BCUT2D eigenvalue weighted by atomic mass is 35.5. The third kappa shape index (κ3) is 2.01. The van der Waals surface area contributed by atoms with E-state index in [1.54, 1.807) is 6.07 Å². The molecule has 7 heteroatoms. The number of hydrogen-bond donors (Lipinski definition) is 1. The number of rotatable bonds is 3. The van der Waals surface area contributed by atoms with Gasteiger partial charge in [0.15, 0.2) is 11.5 Å². The molecule has 1 aliphatic rings. The monoisotopic (exact) mass is 295 g/mol. The Bertz CT molecular complexity index is 655. The zero-order valence-corrected chi connectivity index (χ0v) is 11.9. The van der Waals surface area contributed by atoms with Gasteiger partial charge in [-0.1, -0.05) is 30.6 Å². The molecule has 0 spiro atoms. The Hall–Kier alpha value is -1.79. The summed E-state index contributed by atoms with van der Waals surface area (Å²) in [6, 6.07) is 1.71. The number of halogens is 1. The van der Waals surface area contributed by atoms with E-state index in [1.807, 2.05) is 13.8 Å². The number of nitrogens with zero attached hydrogens (tertiary/aromatic N) is 2. The van der Waals surface area contributed by atoms with E-state index in [9.17, 15) is 0 Å². The van der Waals surface area contributed by atoms with Crippen molar-refractivity contribution in [2.45, 2.75) is 26.3 Å². The first-order chi connectivity index (χ1) is 9.61. The topological polar surface area (TPSA) is 83.4 Å². The van der Waals surface area contributed by atoms with Gasteiger partial charge in [-0.2, -0.15) is 4.98 Å². The lowest BCUT2D eigenvalue weighted by Gasteiger charge is -2.14. The molecule has 0 radical (unpaired) electrons. The van der Waals surface area contributed by atoms with Gasteiger partial charge >= 0.3 is 0 Å². The summed E-state index contributed by atoms with van der Waals surface area (Å²) in [4.78, 5) is 4.24. The van der Waals surface area contributed by atoms with Gasteiger partial charge in [0.05, 0.1) is 11.6 Å². The molecule has 0 unspecified atom stereocenters. The molecular weight excluding hydrogens is 282 g/mol. The van der Waals surface area contributed by atoms with Crippen LogP contribution >= 0.6 is 11.6 Å². The van der Waals surface area contributed by atoms with Gasteiger partial charge in [-0.25, -0.2) is 0 Å². The van der Waals surface area contributed by atoms with Crippen LogP contribution in [-0.4, -0.2) is 16.9 Å². The van der Waals surface area contributed by atoms with Crippen molar-refractivity contribution in [3.8, 4) is 22.9 Å². The van der Waals surface area contributed by atoms with Gasteiger partial charge in [-0.3, -0.25) is 0 Å². The second-order valence-electron chi connectivity index (χ2n) is 4.75. The Balaban J connectivity index is 2.23. The van der Waals surface area contributed by atoms with Crippen molar-refractivity contribution in [1.82, 2.24) is 10.1 Å². The Morgan fingerprint density at radius 1 is 1.40 bits per heavy atom. The number of ether oxygens (including phenoxy) is 2. The molecule has 0 fully saturated rings. The van der Waals surface area contributed by atoms with Crippen LogP contribution in [0.25, 0.3) is 11.4 Å². The minimum Gasteiger partial charge on any atom is -0.454 e. The summed E-state index contributed by atoms with van der Waals surface area (Å²) in [5, 5.41) is 4.44. The van der Waals surface area contributed by atoms with Crippen molar-refractivity contribution < 1.29 is 14.0 Å². The minimum atomic E-state index is 0.166. The molecule has 1 aromatic carbocycles. The Morgan fingerprint density at radius 2 is 2.20 bits per heavy atom. The van der Waals surface area contributed by atoms with Gasteiger partial charge in [0.2, 0.25) is 18.5 Å². The molecule has 6 nitrogen and oxygen atoms in total. The number of aromatic nitrogens is 2. The third-order valence-electron chi connectivity index (χ3n) is 3.10. The van der Waals surface area contributed by atoms with Crippen LogP contribution in [0.3, 0.4) is 0 Å². The molecule has 0 bridgehead atoms. The maximum atomic E-state index is 6.36. The summed E-state index contributed by atoms with van der Waals surface area (Å²) in [6.45, 7) is 4.46. The zero-order chi connectivity index (χ0) is 14.3. The average molecular weight is 296 g/mol. The summed E-state index contributed by atoms with van der Waals surface area (Å²) in [5.74, 6) is 2.28. The molecule has 106 valence electrons. The average Bonchev–Trinajstić information content (AvgIpc) is 3.04. The summed E-state index contributed by atoms with van der Waals surface area (Å²) in [5.41, 5.74) is 7.11. The maximum Gasteiger partial charge on any atom is 0.240 e. The highest BCUT2D eigenvalue weighted by Crippen LogP contribution is 2.47. The lowest BCUT2D eigenvalue weighted by atomic mass is 9.95. The number of fused-ring (bicyclic) bond motifs is 1. The standard InChI is InChI=1S/C13H14ClN3O3/c1-6(2)10-11(13-16-9(4-15)20-17-13)7(14)3-8-12(10)19-5-18-8/h3,6H,4-5,15H2,1-2H3. The number of hydrogen-bond acceptors (Lipinski definition) is 6. The van der Waals surface area contributed by atoms with Gasteiger partial charge in [0.1, 0.15) is 0 Å². The predicted molar refractivity (Wildman–Crippen MR) is 72.8 cm³/mol. The summed E-state index contributed by atoms with van der Waals surface area (Å²) < 4.78 is 16.0. The first kappa shape index (κ1) is 13.2. The maximum absolute atomic E-state index is 6.36. The summed E-state index contributed by atoms with van der Waals surface area (Å²) >= 11 is 6.36. The molecule has 0 saturated heterocycles. The van der Waals surface area contributed by atoms with Crippen LogP contribution in [0.2, 0.25) is 5.02 Å². The van der Waals surface area contributed by atoms with Crippen LogP contribution in [0.15, 0.2) is 10.6 Å². The normalized spacial score (nSPS) is 13.2. The summed E-state index contributed by atoms with van der Waals surface area (Å²) in [6.07, 6.45) is 0. The van der Waals surface area contributed by atoms with Crippen LogP contribution in [0.1, 0.15) is 31.2 Å². The highest BCUT2D eigenvalue weighted by Gasteiger charge is 2.28. The first-order valence-corrected chi connectivity index (χ1v) is 6.64. The van der Waals surface area contributed by atoms with Crippen LogP contribution < -0.4 is 15.2 Å². The molecule has 0 aliphatic carbocycles. The fraction of sp³-hybridized carbons (Fsp3) is 0.385. The fourth-order valence-corrected chi connectivity index (χ4v) is 2.54. The van der Waals surface area contributed by atoms with E-state index in [2.05, 4.69) is 10.1 Å². The van der Waals surface area contributed by atoms with Crippen molar-refractivity contribution in [3.63, 3.8) is 0 Å². The zero-order valence-electron chi connectivity index (χ0n) is 11.1. The molecule has 2 N–H and O–H groups in total. The van der Waals surface area contributed by atoms with E-state index in [0.717, 1.165) is 5.56 Å². The van der Waals surface area contributed by atoms with Crippen LogP contribution in [0.4, 0.5) is 0 Å². The fourth-order valence-electron chi connectivity index (χ4n) is 2.25. The van der Waals surface area contributed by atoms with E-state index in [0.29, 0.717) is 33.8 Å². The van der Waals surface area contributed by atoms with Crippen molar-refractivity contribution >= 4 is 11.6 Å². The molecule has 1 aliphatic heterocycles. The second kappa shape index (κ2) is 4.96. The van der Waals surface area contributed by atoms with Crippen LogP contribution in [-0.2, 0) is 6.54 Å². The van der Waals surface area contributed by atoms with Crippen molar-refractivity contribution in [3.05, 3.63) is 22.5 Å². The Labute approximate surface area is 120 Å². The van der Waals surface area contributed by atoms with Crippen LogP contribution in [0.5, 0.6) is 11.5 Å². The Morgan fingerprint density at radius 3 is 2.85 bits per heavy atom. The number of nitrogens with two attached hydrogens (primary N) is 1. The van der Waals surface area contributed by atoms with Crippen molar-refractivity contribution in [2.75, 3.05) is 6.79 Å². The smallest absolute Gasteiger partial charge is 0.240 e. The first-order valence-electron chi connectivity index (χ1n) is 6.26. The van der Waals surface area contributed by atoms with Gasteiger partial charge in [0, 0.05) is 17.2 Å². The summed E-state index contributed by atoms with van der Waals surface area (Å²) in [7, 11) is 0. The molecule has 2 aromatic rings. The second-order valence-corrected chi connectivity index (χ2v) is 5.16. The molecule has 0 amide bonds. The molecule has 2 heterocycles. The van der Waals surface area contributed by atoms with Crippen LogP contribution in [0, 0.1) is 0 Å². The number of benzene rings is 1. The van der Waals surface area contributed by atoms with E-state index >= 15 is 0 Å². The predicted octanol–water partition coefficient (Wildman–Crippen LogP) is 2.70. The molecular formula is C13H14ClN3O3. The molecule has 3 rings (SSSR count). The minimum absolute atomic E-state index is 0.166. The molecule has 20 heavy (non-hydrogen) atoms. The largest absolute Gasteiger partial charge is 0.454 e. The van der Waals surface area contributed by atoms with E-state index in [-0.39, 0.29) is 19.3 Å². The molecule has 1 aromatic heterocycles. The SMILES string of the molecule is CC(C)c1c2c(cc(Cl)c1-c1noc(CN)n1)OCO2. The van der Waals surface area contributed by atoms with Gasteiger partial charge in [0.25, 0.3) is 0 Å². The molecule has 0 atom stereocenters. The van der Waals surface area contributed by atoms with Crippen molar-refractivity contribution in [2.24, 2.45) is 5.73 Å². The van der Waals surface area contributed by atoms with Gasteiger partial charge in [-0.05, 0) is 5.92 Å². The van der Waals surface area contributed by atoms with E-state index < -0.39 is 0 Å². The third-order valence-corrected chi connectivity index (χ3v) is 3.39. The van der Waals surface area contributed by atoms with Gasteiger partial charge < -0.3 is 19.7 Å².